The van der Waals surface area contributed by atoms with Crippen LogP contribution in [0.4, 0.5) is 0 Å². The van der Waals surface area contributed by atoms with Crippen LogP contribution in [0.2, 0.25) is 0 Å². The number of carbonyl (C=O) groups is 2. The van der Waals surface area contributed by atoms with Crippen LogP contribution in [-0.2, 0) is 9.47 Å². The summed E-state index contributed by atoms with van der Waals surface area (Å²) in [7, 11) is 1.60. The van der Waals surface area contributed by atoms with Crippen LogP contribution in [0.3, 0.4) is 0 Å². The molecule has 0 bridgehead atoms. The molecule has 0 radical (unpaired) electrons. The molecule has 0 aliphatic carbocycles. The molecule has 1 aromatic heterocycles. The number of Topliss-reactive ketones (excluding diaryl/α,β-unsaturated/α-hetero) is 1. The summed E-state index contributed by atoms with van der Waals surface area (Å²) >= 11 is 1.23. The second kappa shape index (κ2) is 6.61. The summed E-state index contributed by atoms with van der Waals surface area (Å²) in [6, 6.07) is 0. The lowest BCUT2D eigenvalue weighted by molar-refractivity contribution is 0.0517. The molecule has 1 rings (SSSR count). The summed E-state index contributed by atoms with van der Waals surface area (Å²) < 4.78 is 9.93. The minimum Gasteiger partial charge on any atom is -0.461 e. The van der Waals surface area contributed by atoms with Gasteiger partial charge in [-0.2, -0.15) is 0 Å². The first-order chi connectivity index (χ1) is 8.51. The Bertz CT molecular complexity index is 441. The van der Waals surface area contributed by atoms with Crippen molar-refractivity contribution in [3.05, 3.63) is 15.6 Å². The molecule has 0 aromatic carbocycles. The number of hydrogen-bond donors (Lipinski definition) is 0. The van der Waals surface area contributed by atoms with Gasteiger partial charge >= 0.3 is 5.97 Å². The Kier molecular flexibility index (Phi) is 5.43. The maximum atomic E-state index is 11.7. The quantitative estimate of drug-likeness (QED) is 0.586. The molecule has 0 saturated carbocycles. The van der Waals surface area contributed by atoms with Crippen molar-refractivity contribution in [2.24, 2.45) is 0 Å². The van der Waals surface area contributed by atoms with Gasteiger partial charge in [-0.05, 0) is 6.92 Å². The topological polar surface area (TPSA) is 65.5 Å². The molecule has 0 amide bonds. The SMILES string of the molecule is CCOC(=O)c1nc(C(C)COC)sc1C(C)=O. The molecular formula is C12H17NO4S. The third-order valence-electron chi connectivity index (χ3n) is 2.27. The van der Waals surface area contributed by atoms with Crippen molar-refractivity contribution in [2.45, 2.75) is 26.7 Å². The van der Waals surface area contributed by atoms with Gasteiger partial charge in [0, 0.05) is 20.0 Å². The molecule has 5 nitrogen and oxygen atoms in total. The fourth-order valence-electron chi connectivity index (χ4n) is 1.45. The third kappa shape index (κ3) is 3.36. The van der Waals surface area contributed by atoms with E-state index in [1.165, 1.54) is 18.3 Å². The molecule has 1 heterocycles. The number of esters is 1. The van der Waals surface area contributed by atoms with Crippen molar-refractivity contribution in [3.63, 3.8) is 0 Å². The van der Waals surface area contributed by atoms with Crippen molar-refractivity contribution >= 4 is 23.1 Å². The Hall–Kier alpha value is -1.27. The number of ether oxygens (including phenoxy) is 2. The Morgan fingerprint density at radius 2 is 2.11 bits per heavy atom. The summed E-state index contributed by atoms with van der Waals surface area (Å²) in [6.45, 7) is 5.82. The Morgan fingerprint density at radius 3 is 2.61 bits per heavy atom. The van der Waals surface area contributed by atoms with Crippen molar-refractivity contribution < 1.29 is 19.1 Å². The zero-order valence-corrected chi connectivity index (χ0v) is 11.8. The van der Waals surface area contributed by atoms with Gasteiger partial charge in [0.15, 0.2) is 11.5 Å². The highest BCUT2D eigenvalue weighted by molar-refractivity contribution is 7.14. The van der Waals surface area contributed by atoms with Crippen molar-refractivity contribution in [1.82, 2.24) is 4.98 Å². The van der Waals surface area contributed by atoms with E-state index in [1.807, 2.05) is 6.92 Å². The molecule has 1 unspecified atom stereocenters. The van der Waals surface area contributed by atoms with E-state index in [0.29, 0.717) is 16.5 Å². The van der Waals surface area contributed by atoms with E-state index >= 15 is 0 Å². The zero-order chi connectivity index (χ0) is 13.7. The molecular weight excluding hydrogens is 254 g/mol. The largest absolute Gasteiger partial charge is 0.461 e. The van der Waals surface area contributed by atoms with E-state index in [0.717, 1.165) is 0 Å². The van der Waals surface area contributed by atoms with Crippen LogP contribution in [-0.4, -0.2) is 37.1 Å². The van der Waals surface area contributed by atoms with Crippen molar-refractivity contribution in [1.29, 1.82) is 0 Å². The number of rotatable bonds is 6. The van der Waals surface area contributed by atoms with E-state index in [-0.39, 0.29) is 24.0 Å². The lowest BCUT2D eigenvalue weighted by atomic mass is 10.2. The first kappa shape index (κ1) is 14.8. The molecule has 1 aromatic rings. The van der Waals surface area contributed by atoms with Crippen LogP contribution in [0.15, 0.2) is 0 Å². The fraction of sp³-hybridized carbons (Fsp3) is 0.583. The lowest BCUT2D eigenvalue weighted by Gasteiger charge is -2.04. The smallest absolute Gasteiger partial charge is 0.358 e. The highest BCUT2D eigenvalue weighted by Gasteiger charge is 2.24. The molecule has 0 spiro atoms. The molecule has 0 aliphatic rings. The maximum Gasteiger partial charge on any atom is 0.358 e. The second-order valence-corrected chi connectivity index (χ2v) is 4.89. The molecule has 1 atom stereocenters. The van der Waals surface area contributed by atoms with Crippen LogP contribution in [0.1, 0.15) is 51.9 Å². The summed E-state index contributed by atoms with van der Waals surface area (Å²) in [5.74, 6) is -0.678. The Morgan fingerprint density at radius 1 is 1.44 bits per heavy atom. The van der Waals surface area contributed by atoms with Crippen LogP contribution in [0.5, 0.6) is 0 Å². The third-order valence-corrected chi connectivity index (χ3v) is 3.66. The first-order valence-electron chi connectivity index (χ1n) is 5.68. The van der Waals surface area contributed by atoms with Crippen molar-refractivity contribution in [3.8, 4) is 0 Å². The molecule has 0 aliphatic heterocycles. The minimum atomic E-state index is -0.546. The molecule has 6 heteroatoms. The number of methoxy groups -OCH3 is 1. The molecule has 0 saturated heterocycles. The summed E-state index contributed by atoms with van der Waals surface area (Å²) in [6.07, 6.45) is 0. The summed E-state index contributed by atoms with van der Waals surface area (Å²) in [5.41, 5.74) is 0.118. The van der Waals surface area contributed by atoms with Gasteiger partial charge in [0.25, 0.3) is 0 Å². The molecule has 18 heavy (non-hydrogen) atoms. The highest BCUT2D eigenvalue weighted by atomic mass is 32.1. The standard InChI is InChI=1S/C12H17NO4S/c1-5-17-12(15)9-10(8(3)14)18-11(13-9)7(2)6-16-4/h7H,5-6H2,1-4H3. The Labute approximate surface area is 110 Å². The zero-order valence-electron chi connectivity index (χ0n) is 11.0. The van der Waals surface area contributed by atoms with Crippen LogP contribution in [0.25, 0.3) is 0 Å². The fourth-order valence-corrected chi connectivity index (χ4v) is 2.43. The lowest BCUT2D eigenvalue weighted by Crippen LogP contribution is -2.10. The van der Waals surface area contributed by atoms with Gasteiger partial charge in [-0.25, -0.2) is 9.78 Å². The number of thiazole rings is 1. The van der Waals surface area contributed by atoms with E-state index in [9.17, 15) is 9.59 Å². The van der Waals surface area contributed by atoms with Crippen LogP contribution < -0.4 is 0 Å². The van der Waals surface area contributed by atoms with Gasteiger partial charge in [0.05, 0.1) is 18.2 Å². The Balaban J connectivity index is 3.08. The average Bonchev–Trinajstić information content (AvgIpc) is 2.74. The number of aromatic nitrogens is 1. The van der Waals surface area contributed by atoms with Gasteiger partial charge in [0.2, 0.25) is 0 Å². The van der Waals surface area contributed by atoms with Gasteiger partial charge in [-0.3, -0.25) is 4.79 Å². The van der Waals surface area contributed by atoms with Crippen LogP contribution in [0, 0.1) is 0 Å². The molecule has 0 fully saturated rings. The molecule has 100 valence electrons. The van der Waals surface area contributed by atoms with Crippen LogP contribution >= 0.6 is 11.3 Å². The number of hydrogen-bond acceptors (Lipinski definition) is 6. The van der Waals surface area contributed by atoms with Gasteiger partial charge < -0.3 is 9.47 Å². The van der Waals surface area contributed by atoms with Gasteiger partial charge in [-0.15, -0.1) is 11.3 Å². The predicted octanol–water partition coefficient (Wildman–Crippen LogP) is 2.27. The molecule has 0 N–H and O–H groups in total. The average molecular weight is 271 g/mol. The normalized spacial score (nSPS) is 12.2. The second-order valence-electron chi connectivity index (χ2n) is 3.86. The summed E-state index contributed by atoms with van der Waals surface area (Å²) in [5, 5.41) is 0.713. The van der Waals surface area contributed by atoms with E-state index in [2.05, 4.69) is 4.98 Å². The minimum absolute atomic E-state index is 0.0428. The first-order valence-corrected chi connectivity index (χ1v) is 6.50. The summed E-state index contributed by atoms with van der Waals surface area (Å²) in [4.78, 5) is 27.8. The van der Waals surface area contributed by atoms with E-state index in [4.69, 9.17) is 9.47 Å². The van der Waals surface area contributed by atoms with Gasteiger partial charge in [-0.1, -0.05) is 6.92 Å². The highest BCUT2D eigenvalue weighted by Crippen LogP contribution is 2.26. The van der Waals surface area contributed by atoms with E-state index in [1.54, 1.807) is 14.0 Å². The van der Waals surface area contributed by atoms with E-state index < -0.39 is 5.97 Å². The number of carbonyl (C=O) groups excluding carboxylic acids is 2. The van der Waals surface area contributed by atoms with Gasteiger partial charge in [0.1, 0.15) is 4.88 Å². The number of ketones is 1. The van der Waals surface area contributed by atoms with Crippen molar-refractivity contribution in [2.75, 3.05) is 20.3 Å². The maximum absolute atomic E-state index is 11.7. The number of nitrogens with zero attached hydrogens (tertiary/aromatic N) is 1. The monoisotopic (exact) mass is 271 g/mol. The predicted molar refractivity (Wildman–Crippen MR) is 68.4 cm³/mol.